The highest BCUT2D eigenvalue weighted by atomic mass is 32.1. The number of hydrogen-bond donors (Lipinski definition) is 3. The Kier molecular flexibility index (Phi) is 8.97. The van der Waals surface area contributed by atoms with E-state index in [1.807, 2.05) is 6.07 Å². The summed E-state index contributed by atoms with van der Waals surface area (Å²) >= 11 is 0.991. The number of terminal acetylenes is 1. The monoisotopic (exact) mass is 467 g/mol. The summed E-state index contributed by atoms with van der Waals surface area (Å²) in [5, 5.41) is 17.4. The zero-order valence-electron chi connectivity index (χ0n) is 17.9. The summed E-state index contributed by atoms with van der Waals surface area (Å²) in [4.78, 5) is 47.6. The third-order valence-corrected chi connectivity index (χ3v) is 5.18. The number of aromatic nitrogens is 1. The van der Waals surface area contributed by atoms with Crippen molar-refractivity contribution in [3.8, 4) is 18.4 Å². The number of nitrogens with one attached hydrogen (secondary N) is 3. The minimum atomic E-state index is -0.657. The van der Waals surface area contributed by atoms with Crippen molar-refractivity contribution in [1.82, 2.24) is 9.88 Å². The fourth-order valence-corrected chi connectivity index (χ4v) is 3.69. The summed E-state index contributed by atoms with van der Waals surface area (Å²) in [5.74, 6) is 0.541. The second-order valence-corrected chi connectivity index (χ2v) is 7.42. The van der Waals surface area contributed by atoms with Crippen molar-refractivity contribution in [1.29, 1.82) is 5.26 Å². The summed E-state index contributed by atoms with van der Waals surface area (Å²) in [7, 11) is 0. The molecule has 1 heterocycles. The molecular weight excluding hydrogens is 446 g/mol. The number of nitrogens with zero attached hydrogens (tertiary/aromatic N) is 2. The molecule has 0 aliphatic heterocycles. The van der Waals surface area contributed by atoms with Gasteiger partial charge in [-0.1, -0.05) is 12.0 Å². The maximum Gasteiger partial charge on any atom is 0.303 e. The van der Waals surface area contributed by atoms with Crippen LogP contribution in [0, 0.1) is 23.7 Å². The van der Waals surface area contributed by atoms with Gasteiger partial charge in [-0.25, -0.2) is 0 Å². The van der Waals surface area contributed by atoms with Crippen LogP contribution < -0.4 is 30.7 Å². The molecular formula is C22H21N5O5S. The van der Waals surface area contributed by atoms with E-state index in [9.17, 15) is 24.4 Å². The van der Waals surface area contributed by atoms with Crippen LogP contribution >= 0.6 is 11.3 Å². The Labute approximate surface area is 193 Å². The second-order valence-electron chi connectivity index (χ2n) is 6.39. The Morgan fingerprint density at radius 3 is 2.67 bits per heavy atom. The molecule has 11 heteroatoms. The first kappa shape index (κ1) is 24.9. The standard InChI is InChI=1S/C22H21N5O5S/c1-4-9-24-20(30)17(11-23)22-27(5-2)21(31)18(33-22)12-25-15-7-6-8-16(10-15)26-19(29)13-32-14(3)28/h1,6-8,10,12,25H,5,9,13H2,2-3H3,(H,24,30)(H,26,29). The molecule has 0 bridgehead atoms. The number of carbonyl (C=O) groups excluding carboxylic acids is 3. The molecule has 0 spiro atoms. The number of anilines is 2. The number of ether oxygens (including phenoxy) is 1. The van der Waals surface area contributed by atoms with Crippen molar-refractivity contribution in [3.05, 3.63) is 43.8 Å². The Morgan fingerprint density at radius 1 is 1.30 bits per heavy atom. The first-order valence-electron chi connectivity index (χ1n) is 9.66. The highest BCUT2D eigenvalue weighted by Gasteiger charge is 2.14. The number of esters is 1. The van der Waals surface area contributed by atoms with Crippen molar-refractivity contribution in [3.63, 3.8) is 0 Å². The summed E-state index contributed by atoms with van der Waals surface area (Å²) in [5.41, 5.74) is 0.447. The molecule has 0 unspecified atom stereocenters. The fraction of sp³-hybridized carbons (Fsp3) is 0.227. The number of carbonyl (C=O) groups is 3. The average Bonchev–Trinajstić information content (AvgIpc) is 3.10. The number of rotatable bonds is 8. The third-order valence-electron chi connectivity index (χ3n) is 4.05. The molecule has 0 aliphatic rings. The Balaban J connectivity index is 2.34. The van der Waals surface area contributed by atoms with Gasteiger partial charge in [-0.3, -0.25) is 23.7 Å². The van der Waals surface area contributed by atoms with E-state index in [-0.39, 0.29) is 33.4 Å². The minimum Gasteiger partial charge on any atom is -0.456 e. The van der Waals surface area contributed by atoms with Gasteiger partial charge in [-0.15, -0.1) is 17.8 Å². The highest BCUT2D eigenvalue weighted by molar-refractivity contribution is 7.07. The average molecular weight is 468 g/mol. The van der Waals surface area contributed by atoms with Gasteiger partial charge in [-0.05, 0) is 25.1 Å². The van der Waals surface area contributed by atoms with E-state index in [2.05, 4.69) is 26.6 Å². The van der Waals surface area contributed by atoms with Crippen LogP contribution in [0.1, 0.15) is 13.8 Å². The first-order valence-corrected chi connectivity index (χ1v) is 10.5. The van der Waals surface area contributed by atoms with E-state index in [4.69, 9.17) is 6.42 Å². The predicted octanol–water partition coefficient (Wildman–Crippen LogP) is -0.295. The van der Waals surface area contributed by atoms with Gasteiger partial charge in [0.2, 0.25) is 0 Å². The van der Waals surface area contributed by atoms with E-state index < -0.39 is 24.4 Å². The molecule has 0 fully saturated rings. The number of nitriles is 1. The van der Waals surface area contributed by atoms with Crippen LogP contribution in [0.15, 0.2) is 29.1 Å². The molecule has 2 rings (SSSR count). The Morgan fingerprint density at radius 2 is 2.03 bits per heavy atom. The van der Waals surface area contributed by atoms with E-state index in [0.717, 1.165) is 11.3 Å². The van der Waals surface area contributed by atoms with Gasteiger partial charge in [0.25, 0.3) is 17.4 Å². The highest BCUT2D eigenvalue weighted by Crippen LogP contribution is 2.15. The van der Waals surface area contributed by atoms with E-state index in [0.29, 0.717) is 11.4 Å². The van der Waals surface area contributed by atoms with Gasteiger partial charge in [0.05, 0.1) is 6.54 Å². The van der Waals surface area contributed by atoms with Gasteiger partial charge in [0.1, 0.15) is 15.3 Å². The molecule has 2 aromatic rings. The lowest BCUT2D eigenvalue weighted by Crippen LogP contribution is -2.34. The Hall–Kier alpha value is -4.35. The smallest absolute Gasteiger partial charge is 0.303 e. The molecule has 2 amide bonds. The fourth-order valence-electron chi connectivity index (χ4n) is 2.61. The molecule has 0 saturated carbocycles. The van der Waals surface area contributed by atoms with Crippen LogP contribution in [0.2, 0.25) is 0 Å². The van der Waals surface area contributed by atoms with Crippen molar-refractivity contribution in [2.45, 2.75) is 20.4 Å². The molecule has 33 heavy (non-hydrogen) atoms. The van der Waals surface area contributed by atoms with Gasteiger partial charge in [0, 0.05) is 31.0 Å². The van der Waals surface area contributed by atoms with E-state index in [1.54, 1.807) is 31.2 Å². The molecule has 0 atom stereocenters. The topological polar surface area (TPSA) is 142 Å². The predicted molar refractivity (Wildman–Crippen MR) is 124 cm³/mol. The maximum atomic E-state index is 12.8. The van der Waals surface area contributed by atoms with Gasteiger partial charge < -0.3 is 20.7 Å². The quantitative estimate of drug-likeness (QED) is 0.358. The second kappa shape index (κ2) is 11.9. The molecule has 0 saturated heterocycles. The van der Waals surface area contributed by atoms with Gasteiger partial charge in [0.15, 0.2) is 12.2 Å². The molecule has 1 aromatic carbocycles. The molecule has 3 N–H and O–H groups in total. The molecule has 0 radical (unpaired) electrons. The van der Waals surface area contributed by atoms with Crippen molar-refractivity contribution in [2.75, 3.05) is 23.8 Å². The lowest BCUT2D eigenvalue weighted by atomic mass is 10.2. The maximum absolute atomic E-state index is 12.8. The first-order chi connectivity index (χ1) is 15.8. The third kappa shape index (κ3) is 6.82. The largest absolute Gasteiger partial charge is 0.456 e. The van der Waals surface area contributed by atoms with Crippen molar-refractivity contribution >= 4 is 52.3 Å². The molecule has 10 nitrogen and oxygen atoms in total. The number of thiazole rings is 1. The van der Waals surface area contributed by atoms with Crippen LogP contribution in [0.3, 0.4) is 0 Å². The normalized spacial score (nSPS) is 11.6. The molecule has 0 aliphatic carbocycles. The summed E-state index contributed by atoms with van der Waals surface area (Å²) in [6.45, 7) is 2.75. The zero-order valence-corrected chi connectivity index (χ0v) is 18.7. The van der Waals surface area contributed by atoms with Crippen LogP contribution in [-0.4, -0.2) is 35.5 Å². The summed E-state index contributed by atoms with van der Waals surface area (Å²) in [6, 6.07) is 8.50. The van der Waals surface area contributed by atoms with Gasteiger partial charge in [-0.2, -0.15) is 5.26 Å². The van der Waals surface area contributed by atoms with Crippen LogP contribution in [-0.2, 0) is 25.7 Å². The SMILES string of the molecule is C#CCNC(=O)C(C#N)=c1sc(=CNc2cccc(NC(=O)COC(C)=O)c2)c(=O)n1CC. The zero-order chi connectivity index (χ0) is 24.4. The van der Waals surface area contributed by atoms with Crippen LogP contribution in [0.4, 0.5) is 11.4 Å². The number of amides is 2. The number of hydrogen-bond acceptors (Lipinski definition) is 8. The lowest BCUT2D eigenvalue weighted by molar-refractivity contribution is -0.144. The number of benzene rings is 1. The minimum absolute atomic E-state index is 0.0416. The lowest BCUT2D eigenvalue weighted by Gasteiger charge is -2.07. The Bertz CT molecular complexity index is 1330. The van der Waals surface area contributed by atoms with E-state index in [1.165, 1.54) is 17.7 Å². The molecule has 170 valence electrons. The molecule has 1 aromatic heterocycles. The van der Waals surface area contributed by atoms with E-state index >= 15 is 0 Å². The van der Waals surface area contributed by atoms with Crippen LogP contribution in [0.5, 0.6) is 0 Å². The van der Waals surface area contributed by atoms with Crippen LogP contribution in [0.25, 0.3) is 11.8 Å². The van der Waals surface area contributed by atoms with Crippen molar-refractivity contribution in [2.24, 2.45) is 0 Å². The summed E-state index contributed by atoms with van der Waals surface area (Å²) in [6.07, 6.45) is 6.59. The summed E-state index contributed by atoms with van der Waals surface area (Å²) < 4.78 is 6.47. The van der Waals surface area contributed by atoms with Gasteiger partial charge >= 0.3 is 5.97 Å². The van der Waals surface area contributed by atoms with Crippen molar-refractivity contribution < 1.29 is 19.1 Å².